The normalized spacial score (nSPS) is 15.1. The lowest BCUT2D eigenvalue weighted by molar-refractivity contribution is -0.137. The molecule has 2 heterocycles. The van der Waals surface area contributed by atoms with E-state index in [9.17, 15) is 9.59 Å². The fourth-order valence-electron chi connectivity index (χ4n) is 3.97. The Hall–Kier alpha value is -4.26. The summed E-state index contributed by atoms with van der Waals surface area (Å²) in [6, 6.07) is 21.9. The monoisotopic (exact) mass is 442 g/mol. The average molecular weight is 442 g/mol. The maximum Gasteiger partial charge on any atom is 0.278 e. The summed E-state index contributed by atoms with van der Waals surface area (Å²) in [5.74, 6) is 0.957. The van der Waals surface area contributed by atoms with Crippen LogP contribution in [0.25, 0.3) is 5.57 Å². The molecule has 3 aromatic carbocycles. The number of para-hydroxylation sites is 1. The minimum absolute atomic E-state index is 0.170. The van der Waals surface area contributed by atoms with Gasteiger partial charge in [-0.1, -0.05) is 48.5 Å². The van der Waals surface area contributed by atoms with E-state index < -0.39 is 5.91 Å². The van der Waals surface area contributed by atoms with Gasteiger partial charge in [0.2, 0.25) is 0 Å². The number of hydrogen-bond acceptors (Lipinski definition) is 6. The van der Waals surface area contributed by atoms with Crippen LogP contribution in [-0.4, -0.2) is 37.0 Å². The number of methoxy groups -OCH3 is 1. The largest absolute Gasteiger partial charge is 0.496 e. The first kappa shape index (κ1) is 20.6. The smallest absolute Gasteiger partial charge is 0.278 e. The lowest BCUT2D eigenvalue weighted by atomic mass is 10.0. The highest BCUT2D eigenvalue weighted by molar-refractivity contribution is 6.36. The summed E-state index contributed by atoms with van der Waals surface area (Å²) in [4.78, 5) is 28.3. The first-order chi connectivity index (χ1) is 16.2. The lowest BCUT2D eigenvalue weighted by Gasteiger charge is -2.19. The van der Waals surface area contributed by atoms with Crippen LogP contribution in [0.4, 0.5) is 5.69 Å². The number of benzene rings is 3. The van der Waals surface area contributed by atoms with Crippen molar-refractivity contribution in [3.63, 3.8) is 0 Å². The third-order valence-corrected chi connectivity index (χ3v) is 5.54. The first-order valence-electron chi connectivity index (χ1n) is 10.6. The van der Waals surface area contributed by atoms with Gasteiger partial charge < -0.3 is 19.5 Å². The SMILES string of the molecule is COc1ccccc1C1=C(Nc2ccc3c(c2)OCCO3)C(=O)N(Cc2ccccc2)C1=O. The third-order valence-electron chi connectivity index (χ3n) is 5.54. The van der Waals surface area contributed by atoms with Crippen molar-refractivity contribution in [1.29, 1.82) is 0 Å². The highest BCUT2D eigenvalue weighted by atomic mass is 16.6. The Balaban J connectivity index is 1.56. The zero-order valence-electron chi connectivity index (χ0n) is 18.0. The molecular weight excluding hydrogens is 420 g/mol. The second-order valence-corrected chi connectivity index (χ2v) is 7.62. The van der Waals surface area contributed by atoms with E-state index in [4.69, 9.17) is 14.2 Å². The van der Waals surface area contributed by atoms with Crippen LogP contribution in [0.15, 0.2) is 78.5 Å². The number of carbonyl (C=O) groups excluding carboxylic acids is 2. The number of rotatable bonds is 6. The van der Waals surface area contributed by atoms with Crippen LogP contribution in [0.1, 0.15) is 11.1 Å². The van der Waals surface area contributed by atoms with Gasteiger partial charge in [-0.2, -0.15) is 0 Å². The van der Waals surface area contributed by atoms with Crippen LogP contribution in [0.5, 0.6) is 17.2 Å². The maximum atomic E-state index is 13.5. The molecule has 0 radical (unpaired) electrons. The van der Waals surface area contributed by atoms with Crippen molar-refractivity contribution in [2.75, 3.05) is 25.6 Å². The number of carbonyl (C=O) groups is 2. The quantitative estimate of drug-likeness (QED) is 0.585. The Morgan fingerprint density at radius 3 is 2.39 bits per heavy atom. The number of amides is 2. The Kier molecular flexibility index (Phi) is 5.44. The van der Waals surface area contributed by atoms with E-state index >= 15 is 0 Å². The zero-order valence-corrected chi connectivity index (χ0v) is 18.0. The van der Waals surface area contributed by atoms with Crippen LogP contribution >= 0.6 is 0 Å². The maximum absolute atomic E-state index is 13.5. The minimum Gasteiger partial charge on any atom is -0.496 e. The summed E-state index contributed by atoms with van der Waals surface area (Å²) in [7, 11) is 1.54. The van der Waals surface area contributed by atoms with Gasteiger partial charge in [-0.05, 0) is 23.8 Å². The number of anilines is 1. The molecule has 2 aliphatic heterocycles. The Morgan fingerprint density at radius 1 is 0.879 bits per heavy atom. The Bertz CT molecular complexity index is 1250. The van der Waals surface area contributed by atoms with Gasteiger partial charge in [-0.15, -0.1) is 0 Å². The van der Waals surface area contributed by atoms with E-state index in [1.54, 1.807) is 30.3 Å². The molecule has 0 atom stereocenters. The van der Waals surface area contributed by atoms with E-state index in [1.165, 1.54) is 12.0 Å². The minimum atomic E-state index is -0.403. The number of nitrogens with one attached hydrogen (secondary N) is 1. The van der Waals surface area contributed by atoms with E-state index in [2.05, 4.69) is 5.32 Å². The first-order valence-corrected chi connectivity index (χ1v) is 10.6. The topological polar surface area (TPSA) is 77.1 Å². The van der Waals surface area contributed by atoms with Gasteiger partial charge in [0.25, 0.3) is 11.8 Å². The molecule has 0 unspecified atom stereocenters. The number of nitrogens with zero attached hydrogens (tertiary/aromatic N) is 1. The molecule has 166 valence electrons. The molecule has 0 aliphatic carbocycles. The highest BCUT2D eigenvalue weighted by Gasteiger charge is 2.40. The van der Waals surface area contributed by atoms with Crippen molar-refractivity contribution >= 4 is 23.1 Å². The molecule has 0 saturated carbocycles. The van der Waals surface area contributed by atoms with E-state index in [0.29, 0.717) is 41.7 Å². The molecule has 3 aromatic rings. The van der Waals surface area contributed by atoms with E-state index in [-0.39, 0.29) is 23.7 Å². The predicted octanol–water partition coefficient (Wildman–Crippen LogP) is 3.86. The molecular formula is C26H22N2O5. The molecule has 7 nitrogen and oxygen atoms in total. The predicted molar refractivity (Wildman–Crippen MR) is 123 cm³/mol. The number of fused-ring (bicyclic) bond motifs is 1. The van der Waals surface area contributed by atoms with Crippen molar-refractivity contribution in [3.05, 3.63) is 89.6 Å². The highest BCUT2D eigenvalue weighted by Crippen LogP contribution is 2.38. The van der Waals surface area contributed by atoms with Gasteiger partial charge in [0.15, 0.2) is 11.5 Å². The van der Waals surface area contributed by atoms with Crippen LogP contribution in [0, 0.1) is 0 Å². The van der Waals surface area contributed by atoms with E-state index in [0.717, 1.165) is 5.56 Å². The van der Waals surface area contributed by atoms with Crippen molar-refractivity contribution in [3.8, 4) is 17.2 Å². The average Bonchev–Trinajstić information content (AvgIpc) is 3.08. The van der Waals surface area contributed by atoms with Crippen molar-refractivity contribution in [2.24, 2.45) is 0 Å². The number of ether oxygens (including phenoxy) is 3. The molecule has 0 saturated heterocycles. The van der Waals surface area contributed by atoms with Gasteiger partial charge >= 0.3 is 0 Å². The fourth-order valence-corrected chi connectivity index (χ4v) is 3.97. The summed E-state index contributed by atoms with van der Waals surface area (Å²) < 4.78 is 16.7. The van der Waals surface area contributed by atoms with Gasteiger partial charge in [0, 0.05) is 17.3 Å². The standard InChI is InChI=1S/C26H22N2O5/c1-31-20-10-6-5-9-19(20)23-24(27-18-11-12-21-22(15-18)33-14-13-32-21)26(30)28(25(23)29)16-17-7-3-2-4-8-17/h2-12,15,27H,13-14,16H2,1H3. The van der Waals surface area contributed by atoms with Crippen molar-refractivity contribution < 1.29 is 23.8 Å². The second-order valence-electron chi connectivity index (χ2n) is 7.62. The van der Waals surface area contributed by atoms with Crippen molar-refractivity contribution in [1.82, 2.24) is 4.90 Å². The van der Waals surface area contributed by atoms with Gasteiger partial charge in [-0.3, -0.25) is 14.5 Å². The summed E-state index contributed by atoms with van der Waals surface area (Å²) in [5, 5.41) is 3.16. The molecule has 33 heavy (non-hydrogen) atoms. The molecule has 2 amide bonds. The number of hydrogen-bond donors (Lipinski definition) is 1. The molecule has 5 rings (SSSR count). The third kappa shape index (κ3) is 3.89. The molecule has 1 N–H and O–H groups in total. The molecule has 2 aliphatic rings. The van der Waals surface area contributed by atoms with E-state index in [1.807, 2.05) is 42.5 Å². The summed E-state index contributed by atoms with van der Waals surface area (Å²) in [6.07, 6.45) is 0. The Morgan fingerprint density at radius 2 is 1.61 bits per heavy atom. The summed E-state index contributed by atoms with van der Waals surface area (Å²) in [6.45, 7) is 1.11. The van der Waals surface area contributed by atoms with Crippen LogP contribution in [0.3, 0.4) is 0 Å². The summed E-state index contributed by atoms with van der Waals surface area (Å²) in [5.41, 5.74) is 2.48. The van der Waals surface area contributed by atoms with Gasteiger partial charge in [0.1, 0.15) is 24.7 Å². The molecule has 0 bridgehead atoms. The fraction of sp³-hybridized carbons (Fsp3) is 0.154. The van der Waals surface area contributed by atoms with Crippen LogP contribution < -0.4 is 19.5 Å². The molecule has 0 spiro atoms. The van der Waals surface area contributed by atoms with Gasteiger partial charge in [-0.25, -0.2) is 0 Å². The van der Waals surface area contributed by atoms with Gasteiger partial charge in [0.05, 0.1) is 19.2 Å². The second kappa shape index (κ2) is 8.70. The Labute approximate surface area is 191 Å². The molecule has 7 heteroatoms. The zero-order chi connectivity index (χ0) is 22.8. The summed E-state index contributed by atoms with van der Waals surface area (Å²) >= 11 is 0. The van der Waals surface area contributed by atoms with Crippen LogP contribution in [0.2, 0.25) is 0 Å². The lowest BCUT2D eigenvalue weighted by Crippen LogP contribution is -2.32. The number of imide groups is 1. The molecule has 0 aromatic heterocycles. The van der Waals surface area contributed by atoms with Crippen molar-refractivity contribution in [2.45, 2.75) is 6.54 Å². The van der Waals surface area contributed by atoms with Crippen LogP contribution in [-0.2, 0) is 16.1 Å². The molecule has 0 fully saturated rings.